The molecule has 0 radical (unpaired) electrons. The molecule has 5 heteroatoms. The molecule has 0 saturated carbocycles. The summed E-state index contributed by atoms with van der Waals surface area (Å²) in [6, 6.07) is -0.257. The Balaban J connectivity index is 4.02. The molecule has 0 aromatic carbocycles. The molecule has 0 aromatic heterocycles. The molecule has 0 aliphatic rings. The number of unbranched alkanes of at least 4 members (excludes halogenated alkanes) is 1. The van der Waals surface area contributed by atoms with Gasteiger partial charge in [-0.15, -0.1) is 0 Å². The molecule has 76 valence electrons. The molecule has 0 aliphatic carbocycles. The second-order valence-corrected chi connectivity index (χ2v) is 2.80. The number of primary amides is 1. The maximum absolute atomic E-state index is 11.2. The van der Waals surface area contributed by atoms with Gasteiger partial charge in [0.2, 0.25) is 5.91 Å². The van der Waals surface area contributed by atoms with Crippen LogP contribution in [0.4, 0.5) is 4.79 Å². The zero-order chi connectivity index (χ0) is 10.3. The highest BCUT2D eigenvalue weighted by Gasteiger charge is 2.12. The third kappa shape index (κ3) is 5.05. The minimum absolute atomic E-state index is 0.0142. The molecule has 3 N–H and O–H groups in total. The van der Waals surface area contributed by atoms with Crippen LogP contribution in [0.2, 0.25) is 0 Å². The first-order valence-corrected chi connectivity index (χ1v) is 4.36. The maximum Gasteiger partial charge on any atom is 0.317 e. The van der Waals surface area contributed by atoms with E-state index in [0.717, 1.165) is 12.8 Å². The molecule has 5 nitrogen and oxygen atoms in total. The van der Waals surface area contributed by atoms with Gasteiger partial charge in [-0.3, -0.25) is 4.79 Å². The number of hydrogen-bond donors (Lipinski definition) is 2. The van der Waals surface area contributed by atoms with E-state index in [1.807, 2.05) is 6.92 Å². The fraction of sp³-hybridized carbons (Fsp3) is 0.750. The van der Waals surface area contributed by atoms with Crippen LogP contribution >= 0.6 is 0 Å². The number of carbonyl (C=O) groups excluding carboxylic acids is 2. The molecule has 0 saturated heterocycles. The van der Waals surface area contributed by atoms with Gasteiger partial charge in [0.1, 0.15) is 6.54 Å². The standard InChI is InChI=1S/C8H17N3O2/c1-3-4-5-11(6-7(9)12)8(13)10-2/h3-6H2,1-2H3,(H2,9,12)(H,10,13). The highest BCUT2D eigenvalue weighted by molar-refractivity contribution is 5.82. The summed E-state index contributed by atoms with van der Waals surface area (Å²) in [4.78, 5) is 23.2. The van der Waals surface area contributed by atoms with E-state index in [1.54, 1.807) is 0 Å². The predicted octanol–water partition coefficient (Wildman–Crippen LogP) is -0.0868. The molecule has 0 fully saturated rings. The Bertz CT molecular complexity index is 182. The first-order valence-electron chi connectivity index (χ1n) is 4.36. The largest absolute Gasteiger partial charge is 0.368 e. The topological polar surface area (TPSA) is 75.4 Å². The van der Waals surface area contributed by atoms with Crippen molar-refractivity contribution in [2.45, 2.75) is 19.8 Å². The first-order chi connectivity index (χ1) is 6.11. The van der Waals surface area contributed by atoms with Crippen LogP contribution in [0.25, 0.3) is 0 Å². The molecule has 0 aliphatic heterocycles. The Hall–Kier alpha value is -1.26. The zero-order valence-corrected chi connectivity index (χ0v) is 8.17. The summed E-state index contributed by atoms with van der Waals surface area (Å²) < 4.78 is 0. The summed E-state index contributed by atoms with van der Waals surface area (Å²) in [5.41, 5.74) is 5.00. The average molecular weight is 187 g/mol. The van der Waals surface area contributed by atoms with Crippen LogP contribution in [0.5, 0.6) is 0 Å². The lowest BCUT2D eigenvalue weighted by atomic mass is 10.3. The number of nitrogens with one attached hydrogen (secondary N) is 1. The van der Waals surface area contributed by atoms with Gasteiger partial charge in [-0.25, -0.2) is 4.79 Å². The van der Waals surface area contributed by atoms with E-state index in [0.29, 0.717) is 6.54 Å². The normalized spacial score (nSPS) is 9.38. The fourth-order valence-corrected chi connectivity index (χ4v) is 0.948. The number of amides is 3. The second-order valence-electron chi connectivity index (χ2n) is 2.80. The van der Waals surface area contributed by atoms with Crippen molar-refractivity contribution < 1.29 is 9.59 Å². The number of hydrogen-bond acceptors (Lipinski definition) is 2. The zero-order valence-electron chi connectivity index (χ0n) is 8.17. The van der Waals surface area contributed by atoms with Gasteiger partial charge in [0.15, 0.2) is 0 Å². The molecule has 0 heterocycles. The molecule has 0 bridgehead atoms. The fourth-order valence-electron chi connectivity index (χ4n) is 0.948. The smallest absolute Gasteiger partial charge is 0.317 e. The Kier molecular flexibility index (Phi) is 5.67. The molecule has 0 atom stereocenters. The van der Waals surface area contributed by atoms with E-state index in [2.05, 4.69) is 5.32 Å². The van der Waals surface area contributed by atoms with Crippen molar-refractivity contribution in [3.8, 4) is 0 Å². The summed E-state index contributed by atoms with van der Waals surface area (Å²) in [6.45, 7) is 2.57. The monoisotopic (exact) mass is 187 g/mol. The predicted molar refractivity (Wildman–Crippen MR) is 50.1 cm³/mol. The Labute approximate surface area is 78.3 Å². The van der Waals surface area contributed by atoms with Gasteiger partial charge >= 0.3 is 6.03 Å². The average Bonchev–Trinajstić information content (AvgIpc) is 2.10. The summed E-state index contributed by atoms with van der Waals surface area (Å²) in [5, 5.41) is 2.46. The van der Waals surface area contributed by atoms with Gasteiger partial charge in [-0.2, -0.15) is 0 Å². The van der Waals surface area contributed by atoms with E-state index in [-0.39, 0.29) is 12.6 Å². The summed E-state index contributed by atoms with van der Waals surface area (Å²) in [5.74, 6) is -0.486. The number of nitrogens with zero attached hydrogens (tertiary/aromatic N) is 1. The molecular weight excluding hydrogens is 170 g/mol. The number of rotatable bonds is 5. The van der Waals surface area contributed by atoms with Gasteiger partial charge in [-0.1, -0.05) is 13.3 Å². The molecule has 3 amide bonds. The summed E-state index contributed by atoms with van der Waals surface area (Å²) in [6.07, 6.45) is 1.85. The molecule has 0 rings (SSSR count). The number of nitrogens with two attached hydrogens (primary N) is 1. The van der Waals surface area contributed by atoms with Crippen molar-refractivity contribution in [2.75, 3.05) is 20.1 Å². The highest BCUT2D eigenvalue weighted by atomic mass is 16.2. The van der Waals surface area contributed by atoms with E-state index >= 15 is 0 Å². The third-order valence-corrected chi connectivity index (χ3v) is 1.63. The van der Waals surface area contributed by atoms with Gasteiger partial charge in [-0.05, 0) is 6.42 Å². The quantitative estimate of drug-likeness (QED) is 0.631. The minimum Gasteiger partial charge on any atom is -0.368 e. The number of urea groups is 1. The SMILES string of the molecule is CCCCN(CC(N)=O)C(=O)NC. The minimum atomic E-state index is -0.486. The Morgan fingerprint density at radius 3 is 2.46 bits per heavy atom. The lowest BCUT2D eigenvalue weighted by Gasteiger charge is -2.19. The van der Waals surface area contributed by atoms with Crippen molar-refractivity contribution >= 4 is 11.9 Å². The van der Waals surface area contributed by atoms with Gasteiger partial charge in [0.25, 0.3) is 0 Å². The van der Waals surface area contributed by atoms with Crippen LogP contribution in [0, 0.1) is 0 Å². The molecule has 0 unspecified atom stereocenters. The van der Waals surface area contributed by atoms with Crippen molar-refractivity contribution in [1.29, 1.82) is 0 Å². The summed E-state index contributed by atoms with van der Waals surface area (Å²) >= 11 is 0. The molecule has 0 spiro atoms. The first kappa shape index (κ1) is 11.7. The van der Waals surface area contributed by atoms with Gasteiger partial charge < -0.3 is 16.0 Å². The van der Waals surface area contributed by atoms with Crippen LogP contribution in [-0.4, -0.2) is 37.0 Å². The van der Waals surface area contributed by atoms with E-state index in [9.17, 15) is 9.59 Å². The Morgan fingerprint density at radius 1 is 1.46 bits per heavy atom. The van der Waals surface area contributed by atoms with Crippen LogP contribution in [0.3, 0.4) is 0 Å². The van der Waals surface area contributed by atoms with Crippen LogP contribution in [-0.2, 0) is 4.79 Å². The van der Waals surface area contributed by atoms with E-state index in [4.69, 9.17) is 5.73 Å². The molecular formula is C8H17N3O2. The number of carbonyl (C=O) groups is 2. The van der Waals surface area contributed by atoms with Crippen molar-refractivity contribution in [2.24, 2.45) is 5.73 Å². The van der Waals surface area contributed by atoms with E-state index in [1.165, 1.54) is 11.9 Å². The lowest BCUT2D eigenvalue weighted by molar-refractivity contribution is -0.118. The van der Waals surface area contributed by atoms with Crippen LogP contribution in [0.1, 0.15) is 19.8 Å². The second kappa shape index (κ2) is 6.28. The Morgan fingerprint density at radius 2 is 2.08 bits per heavy atom. The van der Waals surface area contributed by atoms with Crippen LogP contribution < -0.4 is 11.1 Å². The molecule has 13 heavy (non-hydrogen) atoms. The summed E-state index contributed by atoms with van der Waals surface area (Å²) in [7, 11) is 1.53. The van der Waals surface area contributed by atoms with Crippen LogP contribution in [0.15, 0.2) is 0 Å². The maximum atomic E-state index is 11.2. The van der Waals surface area contributed by atoms with Crippen molar-refractivity contribution in [1.82, 2.24) is 10.2 Å². The van der Waals surface area contributed by atoms with Crippen molar-refractivity contribution in [3.63, 3.8) is 0 Å². The van der Waals surface area contributed by atoms with Gasteiger partial charge in [0, 0.05) is 13.6 Å². The van der Waals surface area contributed by atoms with Crippen molar-refractivity contribution in [3.05, 3.63) is 0 Å². The third-order valence-electron chi connectivity index (χ3n) is 1.63. The van der Waals surface area contributed by atoms with Gasteiger partial charge in [0.05, 0.1) is 0 Å². The highest BCUT2D eigenvalue weighted by Crippen LogP contribution is 1.94. The molecule has 0 aromatic rings. The lowest BCUT2D eigenvalue weighted by Crippen LogP contribution is -2.43. The van der Waals surface area contributed by atoms with E-state index < -0.39 is 5.91 Å².